The Labute approximate surface area is 174 Å². The van der Waals surface area contributed by atoms with Gasteiger partial charge in [-0.25, -0.2) is 0 Å². The third-order valence-corrected chi connectivity index (χ3v) is 5.79. The van der Waals surface area contributed by atoms with Crippen LogP contribution in [0, 0.1) is 0 Å². The Balaban J connectivity index is 1.58. The number of aromatic nitrogens is 2. The van der Waals surface area contributed by atoms with E-state index in [2.05, 4.69) is 27.1 Å². The molecule has 1 saturated heterocycles. The largest absolute Gasteiger partial charge is 0.347 e. The molecule has 3 aromatic rings. The van der Waals surface area contributed by atoms with E-state index in [4.69, 9.17) is 11.6 Å². The van der Waals surface area contributed by atoms with Crippen molar-refractivity contribution >= 4 is 34.3 Å². The molecule has 1 aliphatic heterocycles. The normalized spacial score (nSPS) is 20.4. The number of benzene rings is 1. The number of rotatable bonds is 5. The van der Waals surface area contributed by atoms with Crippen LogP contribution in [0.3, 0.4) is 0 Å². The molecular formula is C22H23ClN4O2. The lowest BCUT2D eigenvalue weighted by atomic mass is 9.90. The molecule has 2 N–H and O–H groups in total. The zero-order valence-corrected chi connectivity index (χ0v) is 17.1. The zero-order valence-electron chi connectivity index (χ0n) is 16.4. The Morgan fingerprint density at radius 1 is 1.17 bits per heavy atom. The quantitative estimate of drug-likeness (QED) is 0.678. The van der Waals surface area contributed by atoms with Crippen LogP contribution in [-0.2, 0) is 22.6 Å². The molecule has 4 rings (SSSR count). The summed E-state index contributed by atoms with van der Waals surface area (Å²) in [6, 6.07) is 10.0. The fourth-order valence-electron chi connectivity index (χ4n) is 3.97. The van der Waals surface area contributed by atoms with Gasteiger partial charge in [0.25, 0.3) is 0 Å². The summed E-state index contributed by atoms with van der Waals surface area (Å²) in [5.74, 6) is -0.578. The van der Waals surface area contributed by atoms with Crippen LogP contribution in [0.5, 0.6) is 0 Å². The first kappa shape index (κ1) is 19.5. The highest BCUT2D eigenvalue weighted by Crippen LogP contribution is 2.32. The second-order valence-corrected chi connectivity index (χ2v) is 7.83. The molecule has 0 spiro atoms. The van der Waals surface area contributed by atoms with E-state index in [0.29, 0.717) is 11.4 Å². The lowest BCUT2D eigenvalue weighted by Crippen LogP contribution is -2.63. The number of pyridine rings is 1. The van der Waals surface area contributed by atoms with E-state index in [1.165, 1.54) is 0 Å². The van der Waals surface area contributed by atoms with Crippen molar-refractivity contribution in [1.29, 1.82) is 0 Å². The van der Waals surface area contributed by atoms with Gasteiger partial charge < -0.3 is 15.2 Å². The molecule has 2 amide bonds. The number of fused-ring (bicyclic) bond motifs is 1. The summed E-state index contributed by atoms with van der Waals surface area (Å²) in [6.45, 7) is 4.83. The van der Waals surface area contributed by atoms with Crippen LogP contribution in [-0.4, -0.2) is 33.4 Å². The van der Waals surface area contributed by atoms with E-state index in [9.17, 15) is 9.59 Å². The fraction of sp³-hybridized carbons (Fsp3) is 0.318. The molecule has 0 bridgehead atoms. The molecule has 29 heavy (non-hydrogen) atoms. The molecule has 3 atom stereocenters. The highest BCUT2D eigenvalue weighted by molar-refractivity contribution is 6.31. The van der Waals surface area contributed by atoms with Gasteiger partial charge in [-0.15, -0.1) is 0 Å². The third kappa shape index (κ3) is 3.72. The van der Waals surface area contributed by atoms with E-state index >= 15 is 0 Å². The lowest BCUT2D eigenvalue weighted by Gasteiger charge is -2.32. The van der Waals surface area contributed by atoms with Crippen LogP contribution in [0.4, 0.5) is 0 Å². The number of aryl methyl sites for hydroxylation is 1. The Bertz CT molecular complexity index is 1060. The average Bonchev–Trinajstić information content (AvgIpc) is 3.08. The van der Waals surface area contributed by atoms with Crippen molar-refractivity contribution in [3.63, 3.8) is 0 Å². The van der Waals surface area contributed by atoms with Crippen LogP contribution in [0.1, 0.15) is 31.0 Å². The van der Waals surface area contributed by atoms with Crippen molar-refractivity contribution in [2.45, 2.75) is 44.8 Å². The zero-order chi connectivity index (χ0) is 20.5. The number of halogens is 1. The van der Waals surface area contributed by atoms with Gasteiger partial charge in [-0.05, 0) is 42.8 Å². The number of carbonyl (C=O) groups excluding carboxylic acids is 2. The molecular weight excluding hydrogens is 388 g/mol. The molecule has 0 aliphatic carbocycles. The highest BCUT2D eigenvalue weighted by atomic mass is 35.5. The maximum absolute atomic E-state index is 12.9. The number of hydrogen-bond donors (Lipinski definition) is 2. The van der Waals surface area contributed by atoms with Crippen LogP contribution in [0.25, 0.3) is 10.9 Å². The van der Waals surface area contributed by atoms with Crippen molar-refractivity contribution in [3.8, 4) is 0 Å². The minimum absolute atomic E-state index is 0.183. The van der Waals surface area contributed by atoms with Gasteiger partial charge in [0, 0.05) is 52.9 Å². The number of hydrogen-bond acceptors (Lipinski definition) is 3. The van der Waals surface area contributed by atoms with Gasteiger partial charge >= 0.3 is 0 Å². The summed E-state index contributed by atoms with van der Waals surface area (Å²) in [7, 11) is 0. The van der Waals surface area contributed by atoms with Gasteiger partial charge in [0.15, 0.2) is 0 Å². The first-order chi connectivity index (χ1) is 14.0. The molecule has 0 saturated carbocycles. The number of piperazine rings is 1. The van der Waals surface area contributed by atoms with E-state index < -0.39 is 12.1 Å². The molecule has 7 heteroatoms. The van der Waals surface area contributed by atoms with Crippen molar-refractivity contribution in [1.82, 2.24) is 20.2 Å². The Hall–Kier alpha value is -2.86. The van der Waals surface area contributed by atoms with E-state index in [0.717, 1.165) is 28.7 Å². The molecule has 0 radical (unpaired) electrons. The van der Waals surface area contributed by atoms with Gasteiger partial charge in [-0.1, -0.05) is 24.6 Å². The minimum Gasteiger partial charge on any atom is -0.347 e. The topological polar surface area (TPSA) is 76.0 Å². The monoisotopic (exact) mass is 410 g/mol. The molecule has 2 aromatic heterocycles. The van der Waals surface area contributed by atoms with Gasteiger partial charge in [-0.3, -0.25) is 14.6 Å². The lowest BCUT2D eigenvalue weighted by molar-refractivity contribution is -0.137. The van der Waals surface area contributed by atoms with Crippen molar-refractivity contribution in [2.24, 2.45) is 0 Å². The maximum atomic E-state index is 12.9. The average molecular weight is 411 g/mol. The highest BCUT2D eigenvalue weighted by Gasteiger charge is 2.38. The van der Waals surface area contributed by atoms with E-state index in [-0.39, 0.29) is 17.7 Å². The van der Waals surface area contributed by atoms with Crippen LogP contribution in [0.2, 0.25) is 5.02 Å². The van der Waals surface area contributed by atoms with Gasteiger partial charge in [0.1, 0.15) is 12.1 Å². The summed E-state index contributed by atoms with van der Waals surface area (Å²) in [6.07, 6.45) is 4.09. The minimum atomic E-state index is -0.641. The second-order valence-electron chi connectivity index (χ2n) is 7.39. The molecule has 1 aliphatic rings. The van der Waals surface area contributed by atoms with Crippen LogP contribution in [0.15, 0.2) is 48.8 Å². The van der Waals surface area contributed by atoms with Crippen molar-refractivity contribution in [3.05, 3.63) is 65.1 Å². The summed E-state index contributed by atoms with van der Waals surface area (Å²) < 4.78 is 2.13. The van der Waals surface area contributed by atoms with Gasteiger partial charge in [-0.2, -0.15) is 0 Å². The predicted molar refractivity (Wildman–Crippen MR) is 113 cm³/mol. The summed E-state index contributed by atoms with van der Waals surface area (Å²) in [4.78, 5) is 29.8. The van der Waals surface area contributed by atoms with Gasteiger partial charge in [0.05, 0.1) is 0 Å². The number of amides is 2. The van der Waals surface area contributed by atoms with Gasteiger partial charge in [0.2, 0.25) is 11.8 Å². The van der Waals surface area contributed by atoms with Crippen LogP contribution >= 0.6 is 11.6 Å². The number of nitrogens with one attached hydrogen (secondary N) is 2. The van der Waals surface area contributed by atoms with E-state index in [1.54, 1.807) is 6.20 Å². The fourth-order valence-corrected chi connectivity index (χ4v) is 4.14. The second kappa shape index (κ2) is 7.87. The molecule has 3 heterocycles. The number of carbonyl (C=O) groups is 2. The maximum Gasteiger partial charge on any atom is 0.243 e. The Morgan fingerprint density at radius 2 is 2.00 bits per heavy atom. The molecule has 1 aromatic carbocycles. The molecule has 0 unspecified atom stereocenters. The predicted octanol–water partition coefficient (Wildman–Crippen LogP) is 3.04. The summed E-state index contributed by atoms with van der Waals surface area (Å²) in [5.41, 5.74) is 2.82. The van der Waals surface area contributed by atoms with Crippen LogP contribution < -0.4 is 10.6 Å². The van der Waals surface area contributed by atoms with E-state index in [1.807, 2.05) is 49.5 Å². The Morgan fingerprint density at radius 3 is 2.72 bits per heavy atom. The van der Waals surface area contributed by atoms with Crippen molar-refractivity contribution < 1.29 is 9.59 Å². The molecule has 1 fully saturated rings. The molecule has 6 nitrogen and oxygen atoms in total. The summed E-state index contributed by atoms with van der Waals surface area (Å²) in [5, 5.41) is 7.44. The first-order valence-electron chi connectivity index (χ1n) is 9.77. The standard InChI is InChI=1S/C22H23ClN4O2/c1-3-27-12-17(16-10-14(23)7-8-19(16)27)13(2)20-22(29)25-18(21(28)26-20)11-15-6-4-5-9-24-15/h4-10,12-13,18,20H,3,11H2,1-2H3,(H,25,29)(H,26,28)/t13-,18+,20-/m1/s1. The number of nitrogens with zero attached hydrogens (tertiary/aromatic N) is 2. The first-order valence-corrected chi connectivity index (χ1v) is 10.1. The molecule has 150 valence electrons. The smallest absolute Gasteiger partial charge is 0.243 e. The third-order valence-electron chi connectivity index (χ3n) is 5.56. The van der Waals surface area contributed by atoms with Crippen molar-refractivity contribution in [2.75, 3.05) is 0 Å². The summed E-state index contributed by atoms with van der Waals surface area (Å²) >= 11 is 6.22. The Kier molecular flexibility index (Phi) is 5.28. The SMILES string of the molecule is CCn1cc([C@@H](C)[C@H]2NC(=O)[C@H](Cc3ccccn3)NC2=O)c2cc(Cl)ccc21.